The molecule has 1 aromatic carbocycles. The summed E-state index contributed by atoms with van der Waals surface area (Å²) in [4.78, 5) is 9.84. The van der Waals surface area contributed by atoms with Gasteiger partial charge in [0.1, 0.15) is 5.56 Å². The van der Waals surface area contributed by atoms with Crippen LogP contribution in [-0.2, 0) is 10.9 Å². The van der Waals surface area contributed by atoms with E-state index in [1.54, 1.807) is 0 Å². The van der Waals surface area contributed by atoms with Crippen molar-refractivity contribution >= 4 is 11.4 Å². The van der Waals surface area contributed by atoms with Gasteiger partial charge in [-0.25, -0.2) is 0 Å². The van der Waals surface area contributed by atoms with Gasteiger partial charge in [-0.2, -0.15) is 13.2 Å². The molecule has 2 rings (SSSR count). The van der Waals surface area contributed by atoms with Gasteiger partial charge in [-0.1, -0.05) is 24.3 Å². The Morgan fingerprint density at radius 1 is 1.21 bits per heavy atom. The fourth-order valence-electron chi connectivity index (χ4n) is 3.24. The fourth-order valence-corrected chi connectivity index (χ4v) is 3.24. The molecule has 0 bridgehead atoms. The van der Waals surface area contributed by atoms with Gasteiger partial charge < -0.3 is 10.1 Å². The lowest BCUT2D eigenvalue weighted by molar-refractivity contribution is -0.388. The first kappa shape index (κ1) is 22.5. The number of hydrogen-bond acceptors (Lipinski definition) is 4. The van der Waals surface area contributed by atoms with Crippen LogP contribution < -0.4 is 5.32 Å². The van der Waals surface area contributed by atoms with E-state index in [1.807, 2.05) is 44.2 Å². The zero-order chi connectivity index (χ0) is 21.4. The largest absolute Gasteiger partial charge is 0.495 e. The van der Waals surface area contributed by atoms with E-state index >= 15 is 0 Å². The molecule has 0 aromatic heterocycles. The molecule has 1 N–H and O–H groups in total. The Morgan fingerprint density at radius 2 is 1.90 bits per heavy atom. The van der Waals surface area contributed by atoms with E-state index in [1.165, 1.54) is 6.07 Å². The molecule has 0 atom stereocenters. The van der Waals surface area contributed by atoms with E-state index in [0.717, 1.165) is 43.6 Å². The predicted octanol–water partition coefficient (Wildman–Crippen LogP) is 6.39. The molecule has 0 spiro atoms. The Balaban J connectivity index is 1.93. The van der Waals surface area contributed by atoms with E-state index in [0.29, 0.717) is 0 Å². The molecule has 0 heterocycles. The highest BCUT2D eigenvalue weighted by Crippen LogP contribution is 2.38. The first-order chi connectivity index (χ1) is 13.7. The number of hydrogen-bond donors (Lipinski definition) is 1. The Kier molecular flexibility index (Phi) is 7.87. The van der Waals surface area contributed by atoms with Crippen molar-refractivity contribution in [3.8, 4) is 0 Å². The molecular weight excluding hydrogens is 385 g/mol. The summed E-state index contributed by atoms with van der Waals surface area (Å²) in [7, 11) is 0. The monoisotopic (exact) mass is 410 g/mol. The molecule has 1 aliphatic carbocycles. The highest BCUT2D eigenvalue weighted by Gasteiger charge is 2.38. The molecule has 0 radical (unpaired) electrons. The highest BCUT2D eigenvalue weighted by atomic mass is 19.4. The van der Waals surface area contributed by atoms with Gasteiger partial charge in [-0.3, -0.25) is 10.1 Å². The van der Waals surface area contributed by atoms with Gasteiger partial charge in [-0.05, 0) is 57.7 Å². The zero-order valence-electron chi connectivity index (χ0n) is 16.4. The third-order valence-corrected chi connectivity index (χ3v) is 4.64. The van der Waals surface area contributed by atoms with E-state index < -0.39 is 22.4 Å². The van der Waals surface area contributed by atoms with Crippen LogP contribution in [0.4, 0.5) is 24.5 Å². The Hall–Kier alpha value is -2.77. The molecule has 0 saturated heterocycles. The molecule has 1 aromatic rings. The summed E-state index contributed by atoms with van der Waals surface area (Å²) in [5.41, 5.74) is -1.94. The minimum absolute atomic E-state index is 0.00346. The summed E-state index contributed by atoms with van der Waals surface area (Å²) in [5, 5.41) is 13.9. The summed E-state index contributed by atoms with van der Waals surface area (Å²) in [6.07, 6.45) is 7.87. The second kappa shape index (κ2) is 10.1. The van der Waals surface area contributed by atoms with Crippen LogP contribution in [0.15, 0.2) is 54.3 Å². The number of allylic oxidation sites excluding steroid dienone is 6. The Bertz CT molecular complexity index is 793. The van der Waals surface area contributed by atoms with Crippen LogP contribution in [0.5, 0.6) is 0 Å². The SMILES string of the molecule is C/C=C/C=C\C=C(/C)O[C@H]1CC[C@H](Nc2ccc([N+](=O)[O-])c(C(F)(F)F)c2)CC1. The zero-order valence-corrected chi connectivity index (χ0v) is 16.4. The van der Waals surface area contributed by atoms with Crippen LogP contribution in [0.2, 0.25) is 0 Å². The number of nitrogens with one attached hydrogen (secondary N) is 1. The van der Waals surface area contributed by atoms with Crippen LogP contribution in [-0.4, -0.2) is 17.1 Å². The first-order valence-electron chi connectivity index (χ1n) is 9.45. The van der Waals surface area contributed by atoms with Crippen molar-refractivity contribution in [2.75, 3.05) is 5.32 Å². The van der Waals surface area contributed by atoms with E-state index in [9.17, 15) is 23.3 Å². The molecule has 158 valence electrons. The highest BCUT2D eigenvalue weighted by molar-refractivity contribution is 5.55. The van der Waals surface area contributed by atoms with Crippen molar-refractivity contribution in [3.63, 3.8) is 0 Å². The number of alkyl halides is 3. The van der Waals surface area contributed by atoms with Gasteiger partial charge in [0.25, 0.3) is 5.69 Å². The van der Waals surface area contributed by atoms with Crippen molar-refractivity contribution in [2.45, 2.75) is 57.9 Å². The van der Waals surface area contributed by atoms with Gasteiger partial charge in [0.05, 0.1) is 16.8 Å². The summed E-state index contributed by atoms with van der Waals surface area (Å²) in [6, 6.07) is 3.02. The lowest BCUT2D eigenvalue weighted by Crippen LogP contribution is -2.29. The van der Waals surface area contributed by atoms with Crippen LogP contribution in [0, 0.1) is 10.1 Å². The van der Waals surface area contributed by atoms with Crippen molar-refractivity contribution in [2.24, 2.45) is 0 Å². The minimum Gasteiger partial charge on any atom is -0.495 e. The predicted molar refractivity (Wildman–Crippen MR) is 107 cm³/mol. The van der Waals surface area contributed by atoms with Crippen LogP contribution >= 0.6 is 0 Å². The second-order valence-corrected chi connectivity index (χ2v) is 6.91. The summed E-state index contributed by atoms with van der Waals surface area (Å²) in [5.74, 6) is 0.812. The van der Waals surface area contributed by atoms with Crippen LogP contribution in [0.25, 0.3) is 0 Å². The number of nitro groups is 1. The number of benzene rings is 1. The number of halogens is 3. The molecule has 0 aliphatic heterocycles. The lowest BCUT2D eigenvalue weighted by atomic mass is 9.92. The molecule has 29 heavy (non-hydrogen) atoms. The molecule has 1 saturated carbocycles. The first-order valence-corrected chi connectivity index (χ1v) is 9.45. The molecule has 1 fully saturated rings. The summed E-state index contributed by atoms with van der Waals surface area (Å²) in [6.45, 7) is 3.82. The maximum Gasteiger partial charge on any atom is 0.423 e. The Labute approximate surface area is 168 Å². The summed E-state index contributed by atoms with van der Waals surface area (Å²) < 4.78 is 45.2. The normalized spacial score (nSPS) is 20.9. The third kappa shape index (κ3) is 6.96. The number of ether oxygens (including phenoxy) is 1. The van der Waals surface area contributed by atoms with Crippen molar-refractivity contribution in [1.29, 1.82) is 0 Å². The second-order valence-electron chi connectivity index (χ2n) is 6.91. The van der Waals surface area contributed by atoms with Crippen molar-refractivity contribution in [1.82, 2.24) is 0 Å². The maximum atomic E-state index is 13.1. The van der Waals surface area contributed by atoms with Crippen molar-refractivity contribution in [3.05, 3.63) is 70.0 Å². The number of nitro benzene ring substituents is 1. The van der Waals surface area contributed by atoms with Gasteiger partial charge >= 0.3 is 6.18 Å². The average Bonchev–Trinajstić information content (AvgIpc) is 2.66. The van der Waals surface area contributed by atoms with E-state index in [4.69, 9.17) is 4.74 Å². The average molecular weight is 410 g/mol. The molecular formula is C21H25F3N2O3. The molecule has 0 unspecified atom stereocenters. The lowest BCUT2D eigenvalue weighted by Gasteiger charge is -2.30. The fraction of sp³-hybridized carbons (Fsp3) is 0.429. The summed E-state index contributed by atoms with van der Waals surface area (Å²) >= 11 is 0. The number of anilines is 1. The molecule has 1 aliphatic rings. The van der Waals surface area contributed by atoms with E-state index in [2.05, 4.69) is 5.32 Å². The van der Waals surface area contributed by atoms with Crippen LogP contribution in [0.1, 0.15) is 45.1 Å². The maximum absolute atomic E-state index is 13.1. The quantitative estimate of drug-likeness (QED) is 0.245. The molecule has 0 amide bonds. The Morgan fingerprint density at radius 3 is 2.48 bits per heavy atom. The number of nitrogens with zero attached hydrogens (tertiary/aromatic N) is 1. The van der Waals surface area contributed by atoms with Gasteiger partial charge in [0, 0.05) is 17.8 Å². The van der Waals surface area contributed by atoms with Gasteiger partial charge in [-0.15, -0.1) is 0 Å². The standard InChI is InChI=1S/C21H25F3N2O3/c1-3-4-5-6-7-15(2)29-18-11-8-16(9-12-18)25-17-10-13-20(26(27)28)19(14-17)21(22,23)24/h3-7,10,13-14,16,18,25H,8-9,11-12H2,1-2H3/b4-3+,6-5-,15-7+/t16-,18-. The molecule has 8 heteroatoms. The van der Waals surface area contributed by atoms with Crippen LogP contribution in [0.3, 0.4) is 0 Å². The van der Waals surface area contributed by atoms with E-state index in [-0.39, 0.29) is 17.8 Å². The van der Waals surface area contributed by atoms with Gasteiger partial charge in [0.15, 0.2) is 0 Å². The third-order valence-electron chi connectivity index (χ3n) is 4.64. The van der Waals surface area contributed by atoms with Gasteiger partial charge in [0.2, 0.25) is 0 Å². The smallest absolute Gasteiger partial charge is 0.423 e. The molecule has 5 nitrogen and oxygen atoms in total. The van der Waals surface area contributed by atoms with Crippen molar-refractivity contribution < 1.29 is 22.8 Å². The topological polar surface area (TPSA) is 64.4 Å². The minimum atomic E-state index is -4.78. The number of rotatable bonds is 7.